The normalized spacial score (nSPS) is 18.2. The lowest BCUT2D eigenvalue weighted by atomic mass is 9.79. The molecule has 0 aromatic carbocycles. The van der Waals surface area contributed by atoms with E-state index in [0.717, 1.165) is 19.0 Å². The molecule has 19 heavy (non-hydrogen) atoms. The van der Waals surface area contributed by atoms with Gasteiger partial charge in [-0.1, -0.05) is 39.0 Å². The standard InChI is InChI=1S/C15H30N2O2/c1-13(14-6-4-3-5-7-14)12-15(18)17-9-8-16-10-11-19-2/h13-14,16H,3-12H2,1-2H3,(H,17,18). The van der Waals surface area contributed by atoms with Crippen molar-refractivity contribution in [2.24, 2.45) is 11.8 Å². The first-order chi connectivity index (χ1) is 9.24. The minimum atomic E-state index is 0.201. The number of hydrogen-bond donors (Lipinski definition) is 2. The molecule has 0 aromatic heterocycles. The fraction of sp³-hybridized carbons (Fsp3) is 0.933. The first-order valence-electron chi connectivity index (χ1n) is 7.70. The van der Waals surface area contributed by atoms with E-state index in [1.54, 1.807) is 7.11 Å². The van der Waals surface area contributed by atoms with Crippen LogP contribution >= 0.6 is 0 Å². The molecule has 0 aromatic rings. The topological polar surface area (TPSA) is 50.4 Å². The molecule has 1 unspecified atom stereocenters. The summed E-state index contributed by atoms with van der Waals surface area (Å²) in [6.07, 6.45) is 7.38. The summed E-state index contributed by atoms with van der Waals surface area (Å²) in [4.78, 5) is 11.8. The Bertz CT molecular complexity index is 240. The highest BCUT2D eigenvalue weighted by Gasteiger charge is 2.21. The predicted octanol–water partition coefficient (Wildman–Crippen LogP) is 1.95. The number of carbonyl (C=O) groups is 1. The Labute approximate surface area is 117 Å². The molecule has 2 N–H and O–H groups in total. The summed E-state index contributed by atoms with van der Waals surface area (Å²) in [6, 6.07) is 0. The van der Waals surface area contributed by atoms with Gasteiger partial charge in [0.1, 0.15) is 0 Å². The van der Waals surface area contributed by atoms with Crippen LogP contribution in [0.4, 0.5) is 0 Å². The van der Waals surface area contributed by atoms with Gasteiger partial charge >= 0.3 is 0 Å². The second kappa shape index (κ2) is 10.2. The van der Waals surface area contributed by atoms with Gasteiger partial charge in [0.25, 0.3) is 0 Å². The Balaban J connectivity index is 2.02. The quantitative estimate of drug-likeness (QED) is 0.630. The lowest BCUT2D eigenvalue weighted by molar-refractivity contribution is -0.122. The van der Waals surface area contributed by atoms with Crippen molar-refractivity contribution in [3.8, 4) is 0 Å². The van der Waals surface area contributed by atoms with E-state index in [4.69, 9.17) is 4.74 Å². The first-order valence-corrected chi connectivity index (χ1v) is 7.70. The Morgan fingerprint density at radius 3 is 2.63 bits per heavy atom. The first kappa shape index (κ1) is 16.4. The Morgan fingerprint density at radius 2 is 1.95 bits per heavy atom. The molecule has 0 heterocycles. The number of rotatable bonds is 9. The van der Waals surface area contributed by atoms with E-state index < -0.39 is 0 Å². The van der Waals surface area contributed by atoms with Crippen LogP contribution in [-0.2, 0) is 9.53 Å². The van der Waals surface area contributed by atoms with Crippen molar-refractivity contribution in [3.63, 3.8) is 0 Å². The molecular formula is C15H30N2O2. The number of carbonyl (C=O) groups excluding carboxylic acids is 1. The van der Waals surface area contributed by atoms with E-state index >= 15 is 0 Å². The van der Waals surface area contributed by atoms with Crippen molar-refractivity contribution in [1.82, 2.24) is 10.6 Å². The zero-order valence-electron chi connectivity index (χ0n) is 12.5. The van der Waals surface area contributed by atoms with Gasteiger partial charge in [-0.25, -0.2) is 0 Å². The van der Waals surface area contributed by atoms with Crippen LogP contribution in [0.3, 0.4) is 0 Å². The Kier molecular flexibility index (Phi) is 8.84. The van der Waals surface area contributed by atoms with Crippen LogP contribution in [0, 0.1) is 11.8 Å². The largest absolute Gasteiger partial charge is 0.383 e. The van der Waals surface area contributed by atoms with Gasteiger partial charge in [-0.15, -0.1) is 0 Å². The molecule has 4 heteroatoms. The van der Waals surface area contributed by atoms with Gasteiger partial charge in [-0.05, 0) is 11.8 Å². The Hall–Kier alpha value is -0.610. The van der Waals surface area contributed by atoms with E-state index in [-0.39, 0.29) is 5.91 Å². The van der Waals surface area contributed by atoms with Gasteiger partial charge in [-0.3, -0.25) is 4.79 Å². The molecule has 0 spiro atoms. The molecule has 4 nitrogen and oxygen atoms in total. The molecular weight excluding hydrogens is 240 g/mol. The highest BCUT2D eigenvalue weighted by Crippen LogP contribution is 2.31. The molecule has 1 fully saturated rings. The molecule has 1 atom stereocenters. The summed E-state index contributed by atoms with van der Waals surface area (Å²) in [6.45, 7) is 5.30. The Morgan fingerprint density at radius 1 is 1.21 bits per heavy atom. The second-order valence-electron chi connectivity index (χ2n) is 5.67. The van der Waals surface area contributed by atoms with Crippen molar-refractivity contribution in [3.05, 3.63) is 0 Å². The summed E-state index contributed by atoms with van der Waals surface area (Å²) in [7, 11) is 1.69. The second-order valence-corrected chi connectivity index (χ2v) is 5.67. The lowest BCUT2D eigenvalue weighted by Crippen LogP contribution is -2.34. The maximum absolute atomic E-state index is 11.8. The summed E-state index contributed by atoms with van der Waals surface area (Å²) in [5, 5.41) is 6.21. The summed E-state index contributed by atoms with van der Waals surface area (Å²) < 4.78 is 4.94. The molecule has 0 radical (unpaired) electrons. The molecule has 1 amide bonds. The fourth-order valence-electron chi connectivity index (χ4n) is 2.82. The molecule has 0 saturated heterocycles. The molecule has 1 rings (SSSR count). The third-order valence-corrected chi connectivity index (χ3v) is 4.07. The zero-order chi connectivity index (χ0) is 13.9. The van der Waals surface area contributed by atoms with Gasteiger partial charge < -0.3 is 15.4 Å². The van der Waals surface area contributed by atoms with Crippen LogP contribution in [0.15, 0.2) is 0 Å². The smallest absolute Gasteiger partial charge is 0.220 e. The number of ether oxygens (including phenoxy) is 1. The van der Waals surface area contributed by atoms with Gasteiger partial charge in [0.2, 0.25) is 5.91 Å². The molecule has 1 aliphatic carbocycles. The number of hydrogen-bond acceptors (Lipinski definition) is 3. The van der Waals surface area contributed by atoms with Crippen molar-refractivity contribution in [2.75, 3.05) is 33.4 Å². The molecule has 0 bridgehead atoms. The SMILES string of the molecule is COCCNCCNC(=O)CC(C)C1CCCCC1. The van der Waals surface area contributed by atoms with Crippen LogP contribution in [0.1, 0.15) is 45.4 Å². The third-order valence-electron chi connectivity index (χ3n) is 4.07. The van der Waals surface area contributed by atoms with Crippen molar-refractivity contribution >= 4 is 5.91 Å². The van der Waals surface area contributed by atoms with Gasteiger partial charge in [-0.2, -0.15) is 0 Å². The van der Waals surface area contributed by atoms with Crippen LogP contribution < -0.4 is 10.6 Å². The van der Waals surface area contributed by atoms with Crippen molar-refractivity contribution < 1.29 is 9.53 Å². The van der Waals surface area contributed by atoms with Crippen LogP contribution in [0.25, 0.3) is 0 Å². The average molecular weight is 270 g/mol. The van der Waals surface area contributed by atoms with Gasteiger partial charge in [0.15, 0.2) is 0 Å². The van der Waals surface area contributed by atoms with Gasteiger partial charge in [0.05, 0.1) is 6.61 Å². The van der Waals surface area contributed by atoms with E-state index in [1.165, 1.54) is 32.1 Å². The minimum Gasteiger partial charge on any atom is -0.383 e. The number of amides is 1. The minimum absolute atomic E-state index is 0.201. The third kappa shape index (κ3) is 7.53. The fourth-order valence-corrected chi connectivity index (χ4v) is 2.82. The van der Waals surface area contributed by atoms with Crippen molar-refractivity contribution in [1.29, 1.82) is 0 Å². The number of methoxy groups -OCH3 is 1. The van der Waals surface area contributed by atoms with E-state index in [2.05, 4.69) is 17.6 Å². The van der Waals surface area contributed by atoms with Crippen LogP contribution in [-0.4, -0.2) is 39.3 Å². The molecule has 1 aliphatic rings. The zero-order valence-corrected chi connectivity index (χ0v) is 12.5. The summed E-state index contributed by atoms with van der Waals surface area (Å²) >= 11 is 0. The predicted molar refractivity (Wildman–Crippen MR) is 78.1 cm³/mol. The van der Waals surface area contributed by atoms with E-state index in [1.807, 2.05) is 0 Å². The monoisotopic (exact) mass is 270 g/mol. The lowest BCUT2D eigenvalue weighted by Gasteiger charge is -2.27. The maximum Gasteiger partial charge on any atom is 0.220 e. The summed E-state index contributed by atoms with van der Waals surface area (Å²) in [5.41, 5.74) is 0. The summed E-state index contributed by atoms with van der Waals surface area (Å²) in [5.74, 6) is 1.49. The van der Waals surface area contributed by atoms with E-state index in [0.29, 0.717) is 25.5 Å². The molecule has 112 valence electrons. The average Bonchev–Trinajstić information content (AvgIpc) is 2.43. The van der Waals surface area contributed by atoms with Crippen molar-refractivity contribution in [2.45, 2.75) is 45.4 Å². The van der Waals surface area contributed by atoms with Gasteiger partial charge in [0, 0.05) is 33.2 Å². The van der Waals surface area contributed by atoms with Crippen LogP contribution in [0.5, 0.6) is 0 Å². The highest BCUT2D eigenvalue weighted by molar-refractivity contribution is 5.76. The maximum atomic E-state index is 11.8. The molecule has 1 saturated carbocycles. The van der Waals surface area contributed by atoms with Crippen LogP contribution in [0.2, 0.25) is 0 Å². The highest BCUT2D eigenvalue weighted by atomic mass is 16.5. The van der Waals surface area contributed by atoms with E-state index in [9.17, 15) is 4.79 Å². The molecule has 0 aliphatic heterocycles. The number of nitrogens with one attached hydrogen (secondary N) is 2.